The third-order valence-electron chi connectivity index (χ3n) is 4.04. The Morgan fingerprint density at radius 3 is 2.19 bits per heavy atom. The van der Waals surface area contributed by atoms with Crippen LogP contribution in [0.1, 0.15) is 49.5 Å². The third-order valence-corrected chi connectivity index (χ3v) is 4.04. The highest BCUT2D eigenvalue weighted by Crippen LogP contribution is 2.20. The highest BCUT2D eigenvalue weighted by Gasteiger charge is 2.29. The number of hydrogen-bond acceptors (Lipinski definition) is 3. The van der Waals surface area contributed by atoms with Crippen molar-refractivity contribution in [3.05, 3.63) is 59.7 Å². The maximum atomic E-state index is 12.3. The molecule has 0 radical (unpaired) electrons. The van der Waals surface area contributed by atoms with Crippen molar-refractivity contribution in [3.63, 3.8) is 0 Å². The van der Waals surface area contributed by atoms with E-state index in [1.807, 2.05) is 24.3 Å². The molecule has 0 saturated carbocycles. The van der Waals surface area contributed by atoms with Crippen LogP contribution in [0.3, 0.4) is 0 Å². The van der Waals surface area contributed by atoms with Crippen molar-refractivity contribution >= 4 is 17.6 Å². The maximum absolute atomic E-state index is 12.3. The normalized spacial score (nSPS) is 11.0. The van der Waals surface area contributed by atoms with Crippen molar-refractivity contribution in [1.82, 2.24) is 0 Å². The van der Waals surface area contributed by atoms with Gasteiger partial charge in [0.05, 0.1) is 0 Å². The Labute approximate surface area is 154 Å². The summed E-state index contributed by atoms with van der Waals surface area (Å²) in [5.41, 5.74) is 1.14. The number of carboxylic acid groups (broad SMARTS) is 1. The van der Waals surface area contributed by atoms with Crippen molar-refractivity contribution in [2.75, 3.05) is 5.32 Å². The minimum atomic E-state index is -1.33. The molecule has 5 heteroatoms. The number of rotatable bonds is 8. The van der Waals surface area contributed by atoms with Gasteiger partial charge in [0.15, 0.2) is 5.60 Å². The topological polar surface area (TPSA) is 75.6 Å². The fourth-order valence-corrected chi connectivity index (χ4v) is 2.35. The molecule has 0 aliphatic heterocycles. The van der Waals surface area contributed by atoms with E-state index in [0.717, 1.165) is 24.9 Å². The lowest BCUT2D eigenvalue weighted by Crippen LogP contribution is -2.37. The van der Waals surface area contributed by atoms with Gasteiger partial charge in [-0.15, -0.1) is 0 Å². The van der Waals surface area contributed by atoms with Gasteiger partial charge in [-0.25, -0.2) is 4.79 Å². The van der Waals surface area contributed by atoms with Crippen molar-refractivity contribution in [3.8, 4) is 5.75 Å². The van der Waals surface area contributed by atoms with E-state index in [1.54, 1.807) is 24.3 Å². The van der Waals surface area contributed by atoms with E-state index in [4.69, 9.17) is 9.84 Å². The van der Waals surface area contributed by atoms with Crippen LogP contribution in [0.5, 0.6) is 5.75 Å². The Hall–Kier alpha value is -2.82. The molecule has 5 nitrogen and oxygen atoms in total. The monoisotopic (exact) mass is 355 g/mol. The van der Waals surface area contributed by atoms with Crippen LogP contribution in [0.4, 0.5) is 5.69 Å². The number of carboxylic acids is 1. The van der Waals surface area contributed by atoms with Crippen molar-refractivity contribution in [1.29, 1.82) is 0 Å². The molecule has 0 bridgehead atoms. The molecule has 0 unspecified atom stereocenters. The predicted molar refractivity (Wildman–Crippen MR) is 102 cm³/mol. The molecule has 0 heterocycles. The molecular formula is C21H25NO4. The first kappa shape index (κ1) is 19.5. The van der Waals surface area contributed by atoms with Crippen LogP contribution in [-0.4, -0.2) is 22.6 Å². The van der Waals surface area contributed by atoms with Gasteiger partial charge in [0.2, 0.25) is 0 Å². The van der Waals surface area contributed by atoms with Crippen LogP contribution in [0.25, 0.3) is 0 Å². The molecule has 2 aromatic rings. The van der Waals surface area contributed by atoms with Crippen LogP contribution >= 0.6 is 0 Å². The number of hydrogen-bond donors (Lipinski definition) is 2. The molecular weight excluding hydrogens is 330 g/mol. The van der Waals surface area contributed by atoms with Gasteiger partial charge in [0.1, 0.15) is 5.75 Å². The SMILES string of the molecule is CCCCc1ccc(NC(=O)c2ccc(OC(C)(C)C(=O)O)cc2)cc1. The Balaban J connectivity index is 1.98. The zero-order valence-corrected chi connectivity index (χ0v) is 15.4. The molecule has 0 atom stereocenters. The average Bonchev–Trinajstić information content (AvgIpc) is 2.61. The second-order valence-corrected chi connectivity index (χ2v) is 6.70. The minimum absolute atomic E-state index is 0.227. The average molecular weight is 355 g/mol. The van der Waals surface area contributed by atoms with Crippen molar-refractivity contribution < 1.29 is 19.4 Å². The van der Waals surface area contributed by atoms with Crippen molar-refractivity contribution in [2.45, 2.75) is 45.6 Å². The number of aryl methyl sites for hydroxylation is 1. The van der Waals surface area contributed by atoms with E-state index >= 15 is 0 Å². The maximum Gasteiger partial charge on any atom is 0.347 e. The Kier molecular flexibility index (Phi) is 6.39. The summed E-state index contributed by atoms with van der Waals surface area (Å²) < 4.78 is 5.43. The zero-order chi connectivity index (χ0) is 19.2. The molecule has 138 valence electrons. The van der Waals surface area contributed by atoms with Crippen LogP contribution in [0.15, 0.2) is 48.5 Å². The molecule has 0 aromatic heterocycles. The first-order chi connectivity index (χ1) is 12.3. The van der Waals surface area contributed by atoms with Gasteiger partial charge in [-0.3, -0.25) is 4.79 Å². The summed E-state index contributed by atoms with van der Waals surface area (Å²) in [6.45, 7) is 5.10. The molecule has 2 aromatic carbocycles. The fourth-order valence-electron chi connectivity index (χ4n) is 2.35. The van der Waals surface area contributed by atoms with E-state index < -0.39 is 11.6 Å². The van der Waals surface area contributed by atoms with Gasteiger partial charge in [-0.1, -0.05) is 25.5 Å². The van der Waals surface area contributed by atoms with E-state index in [-0.39, 0.29) is 5.91 Å². The number of ether oxygens (including phenoxy) is 1. The van der Waals surface area contributed by atoms with Gasteiger partial charge >= 0.3 is 5.97 Å². The second-order valence-electron chi connectivity index (χ2n) is 6.70. The first-order valence-corrected chi connectivity index (χ1v) is 8.74. The van der Waals surface area contributed by atoms with Crippen molar-refractivity contribution in [2.24, 2.45) is 0 Å². The number of unbranched alkanes of at least 4 members (excludes halogenated alkanes) is 1. The molecule has 0 fully saturated rings. The van der Waals surface area contributed by atoms with Crippen LogP contribution in [0.2, 0.25) is 0 Å². The Morgan fingerprint density at radius 1 is 1.04 bits per heavy atom. The number of anilines is 1. The van der Waals surface area contributed by atoms with Crippen LogP contribution < -0.4 is 10.1 Å². The lowest BCUT2D eigenvalue weighted by atomic mass is 10.1. The number of carbonyl (C=O) groups is 2. The lowest BCUT2D eigenvalue weighted by molar-refractivity contribution is -0.152. The number of nitrogens with one attached hydrogen (secondary N) is 1. The van der Waals surface area contributed by atoms with E-state index in [9.17, 15) is 9.59 Å². The van der Waals surface area contributed by atoms with E-state index in [2.05, 4.69) is 12.2 Å². The number of benzene rings is 2. The molecule has 0 aliphatic rings. The van der Waals surface area contributed by atoms with E-state index in [0.29, 0.717) is 11.3 Å². The molecule has 1 amide bonds. The van der Waals surface area contributed by atoms with Crippen LogP contribution in [-0.2, 0) is 11.2 Å². The van der Waals surface area contributed by atoms with Gasteiger partial charge < -0.3 is 15.2 Å². The fraction of sp³-hybridized carbons (Fsp3) is 0.333. The number of aliphatic carboxylic acids is 1. The summed E-state index contributed by atoms with van der Waals surface area (Å²) in [5, 5.41) is 11.9. The molecule has 0 saturated heterocycles. The standard InChI is InChI=1S/C21H25NO4/c1-4-5-6-15-7-11-17(12-8-15)22-19(23)16-9-13-18(14-10-16)26-21(2,3)20(24)25/h7-14H,4-6H2,1-3H3,(H,22,23)(H,24,25). The number of carbonyl (C=O) groups excluding carboxylic acids is 1. The largest absolute Gasteiger partial charge is 0.478 e. The Bertz CT molecular complexity index is 749. The van der Waals surface area contributed by atoms with E-state index in [1.165, 1.54) is 19.4 Å². The molecule has 26 heavy (non-hydrogen) atoms. The third kappa shape index (κ3) is 5.34. The highest BCUT2D eigenvalue weighted by atomic mass is 16.5. The smallest absolute Gasteiger partial charge is 0.347 e. The second kappa shape index (κ2) is 8.52. The van der Waals surface area contributed by atoms with Crippen LogP contribution in [0, 0.1) is 0 Å². The quantitative estimate of drug-likeness (QED) is 0.730. The van der Waals surface area contributed by atoms with Gasteiger partial charge in [0, 0.05) is 11.3 Å². The summed E-state index contributed by atoms with van der Waals surface area (Å²) in [6, 6.07) is 14.2. The predicted octanol–water partition coefficient (Wildman–Crippen LogP) is 4.52. The molecule has 2 N–H and O–H groups in total. The minimum Gasteiger partial charge on any atom is -0.478 e. The number of amides is 1. The zero-order valence-electron chi connectivity index (χ0n) is 15.4. The summed E-state index contributed by atoms with van der Waals surface area (Å²) in [5.74, 6) is -0.883. The lowest BCUT2D eigenvalue weighted by Gasteiger charge is -2.21. The van der Waals surface area contributed by atoms with Gasteiger partial charge in [-0.05, 0) is 68.7 Å². The summed E-state index contributed by atoms with van der Waals surface area (Å²) in [4.78, 5) is 23.4. The summed E-state index contributed by atoms with van der Waals surface area (Å²) >= 11 is 0. The Morgan fingerprint density at radius 2 is 1.65 bits per heavy atom. The summed E-state index contributed by atoms with van der Waals surface area (Å²) in [6.07, 6.45) is 3.35. The molecule has 0 aliphatic carbocycles. The highest BCUT2D eigenvalue weighted by molar-refractivity contribution is 6.04. The van der Waals surface area contributed by atoms with Gasteiger partial charge in [0.25, 0.3) is 5.91 Å². The summed E-state index contributed by atoms with van der Waals surface area (Å²) in [7, 11) is 0. The first-order valence-electron chi connectivity index (χ1n) is 8.74. The van der Waals surface area contributed by atoms with Gasteiger partial charge in [-0.2, -0.15) is 0 Å². The molecule has 2 rings (SSSR count). The molecule has 0 spiro atoms.